The Bertz CT molecular complexity index is 1550. The summed E-state index contributed by atoms with van der Waals surface area (Å²) < 4.78 is 6.33. The Kier molecular flexibility index (Phi) is 10.1. The molecule has 0 aliphatic carbocycles. The molecule has 43 heavy (non-hydrogen) atoms. The van der Waals surface area contributed by atoms with Gasteiger partial charge in [0, 0.05) is 11.5 Å². The molecule has 0 saturated heterocycles. The lowest BCUT2D eigenvalue weighted by molar-refractivity contribution is -0.160. The van der Waals surface area contributed by atoms with Gasteiger partial charge in [-0.15, -0.1) is 0 Å². The number of esters is 1. The van der Waals surface area contributed by atoms with Gasteiger partial charge in [0.25, 0.3) is 0 Å². The summed E-state index contributed by atoms with van der Waals surface area (Å²) in [5, 5.41) is 21.3. The number of thioether (sulfide) groups is 1. The maximum atomic E-state index is 13.8. The van der Waals surface area contributed by atoms with Crippen molar-refractivity contribution in [3.63, 3.8) is 0 Å². The highest BCUT2D eigenvalue weighted by Crippen LogP contribution is 2.46. The van der Waals surface area contributed by atoms with E-state index in [4.69, 9.17) is 4.74 Å². The topological polar surface area (TPSA) is 66.8 Å². The van der Waals surface area contributed by atoms with Crippen LogP contribution in [0.1, 0.15) is 66.0 Å². The molecule has 0 radical (unpaired) electrons. The Morgan fingerprint density at radius 2 is 1.40 bits per heavy atom. The SMILES string of the molecule is CC(C)c1c(CCc2ccccc2)cc(CCO)cc1SC1=C(O)CC(CCc2ccccc2)(c2ccccc2)OC1=O. The molecule has 0 amide bonds. The number of aliphatic hydroxyl groups is 2. The predicted molar refractivity (Wildman–Crippen MR) is 174 cm³/mol. The van der Waals surface area contributed by atoms with E-state index >= 15 is 0 Å². The zero-order valence-electron chi connectivity index (χ0n) is 25.0. The largest absolute Gasteiger partial charge is 0.511 e. The molecule has 4 aromatic carbocycles. The molecule has 1 heterocycles. The van der Waals surface area contributed by atoms with Crippen molar-refractivity contribution in [2.45, 2.75) is 68.8 Å². The fraction of sp³-hybridized carbons (Fsp3) is 0.289. The van der Waals surface area contributed by atoms with Crippen molar-refractivity contribution in [3.05, 3.63) is 147 Å². The fourth-order valence-corrected chi connectivity index (χ4v) is 7.23. The Labute approximate surface area is 259 Å². The summed E-state index contributed by atoms with van der Waals surface area (Å²) in [6.07, 6.45) is 3.75. The Morgan fingerprint density at radius 3 is 1.98 bits per heavy atom. The van der Waals surface area contributed by atoms with E-state index in [0.29, 0.717) is 19.3 Å². The van der Waals surface area contributed by atoms with Gasteiger partial charge in [0.15, 0.2) is 0 Å². The average Bonchev–Trinajstić information content (AvgIpc) is 3.02. The highest BCUT2D eigenvalue weighted by molar-refractivity contribution is 8.04. The fourth-order valence-electron chi connectivity index (χ4n) is 6.01. The van der Waals surface area contributed by atoms with Crippen LogP contribution in [0.4, 0.5) is 0 Å². The highest BCUT2D eigenvalue weighted by atomic mass is 32.2. The second-order valence-corrected chi connectivity index (χ2v) is 12.6. The summed E-state index contributed by atoms with van der Waals surface area (Å²) in [6, 6.07) is 34.6. The minimum Gasteiger partial charge on any atom is -0.511 e. The number of aliphatic hydroxyl groups excluding tert-OH is 2. The molecule has 0 spiro atoms. The molecule has 5 rings (SSSR count). The Balaban J connectivity index is 1.48. The van der Waals surface area contributed by atoms with E-state index in [0.717, 1.165) is 34.4 Å². The molecule has 4 aromatic rings. The number of benzene rings is 4. The third-order valence-corrected chi connectivity index (χ3v) is 9.32. The number of ether oxygens (including phenoxy) is 1. The zero-order chi connectivity index (χ0) is 30.2. The van der Waals surface area contributed by atoms with E-state index < -0.39 is 11.6 Å². The zero-order valence-corrected chi connectivity index (χ0v) is 25.8. The van der Waals surface area contributed by atoms with Crippen molar-refractivity contribution in [1.29, 1.82) is 0 Å². The first kappa shape index (κ1) is 30.7. The van der Waals surface area contributed by atoms with Gasteiger partial charge in [0.1, 0.15) is 16.3 Å². The van der Waals surface area contributed by atoms with E-state index in [1.54, 1.807) is 0 Å². The lowest BCUT2D eigenvalue weighted by Crippen LogP contribution is -2.38. The normalized spacial score (nSPS) is 16.9. The molecule has 0 aromatic heterocycles. The quantitative estimate of drug-likeness (QED) is 0.162. The minimum absolute atomic E-state index is 0.0419. The molecule has 0 bridgehead atoms. The number of cyclic esters (lactones) is 1. The van der Waals surface area contributed by atoms with Crippen LogP contribution in [0.5, 0.6) is 0 Å². The van der Waals surface area contributed by atoms with E-state index in [1.807, 2.05) is 54.6 Å². The van der Waals surface area contributed by atoms with Gasteiger partial charge in [0.2, 0.25) is 0 Å². The molecule has 5 heteroatoms. The smallest absolute Gasteiger partial charge is 0.349 e. The standard InChI is InChI=1S/C38H40O4S/c1-27(2)35-31(19-18-28-12-6-3-7-13-28)24-30(21-23-39)25-34(35)43-36-33(40)26-38(42-37(36)41,32-16-10-5-11-17-32)22-20-29-14-8-4-9-15-29/h3-17,24-25,27,39-40H,18-23,26H2,1-2H3. The van der Waals surface area contributed by atoms with Crippen molar-refractivity contribution < 1.29 is 19.7 Å². The second-order valence-electron chi connectivity index (χ2n) is 11.6. The van der Waals surface area contributed by atoms with Gasteiger partial charge in [0.05, 0.1) is 6.42 Å². The van der Waals surface area contributed by atoms with Gasteiger partial charge < -0.3 is 14.9 Å². The van der Waals surface area contributed by atoms with Gasteiger partial charge >= 0.3 is 5.97 Å². The van der Waals surface area contributed by atoms with Crippen LogP contribution in [-0.4, -0.2) is 22.8 Å². The van der Waals surface area contributed by atoms with Crippen molar-refractivity contribution in [1.82, 2.24) is 0 Å². The number of carbonyl (C=O) groups is 1. The van der Waals surface area contributed by atoms with Crippen LogP contribution in [0.25, 0.3) is 0 Å². The highest BCUT2D eigenvalue weighted by Gasteiger charge is 2.43. The Morgan fingerprint density at radius 1 is 0.791 bits per heavy atom. The lowest BCUT2D eigenvalue weighted by atomic mass is 9.82. The predicted octanol–water partition coefficient (Wildman–Crippen LogP) is 8.47. The molecular weight excluding hydrogens is 552 g/mol. The minimum atomic E-state index is -0.956. The molecule has 1 aliphatic heterocycles. The van der Waals surface area contributed by atoms with E-state index in [1.165, 1.54) is 28.5 Å². The first-order chi connectivity index (χ1) is 20.9. The van der Waals surface area contributed by atoms with Crippen molar-refractivity contribution >= 4 is 17.7 Å². The van der Waals surface area contributed by atoms with Gasteiger partial charge in [-0.2, -0.15) is 0 Å². The summed E-state index contributed by atoms with van der Waals surface area (Å²) in [7, 11) is 0. The van der Waals surface area contributed by atoms with Crippen molar-refractivity contribution in [2.24, 2.45) is 0 Å². The van der Waals surface area contributed by atoms with Crippen molar-refractivity contribution in [2.75, 3.05) is 6.61 Å². The first-order valence-electron chi connectivity index (χ1n) is 15.1. The van der Waals surface area contributed by atoms with Gasteiger partial charge in [-0.05, 0) is 77.5 Å². The third-order valence-electron chi connectivity index (χ3n) is 8.15. The molecule has 4 nitrogen and oxygen atoms in total. The molecule has 1 aliphatic rings. The van der Waals surface area contributed by atoms with Crippen LogP contribution >= 0.6 is 11.8 Å². The van der Waals surface area contributed by atoms with E-state index in [9.17, 15) is 15.0 Å². The maximum Gasteiger partial charge on any atom is 0.349 e. The summed E-state index contributed by atoms with van der Waals surface area (Å²) in [6.45, 7) is 4.36. The van der Waals surface area contributed by atoms with E-state index in [-0.39, 0.29) is 29.6 Å². The third kappa shape index (κ3) is 7.41. The summed E-state index contributed by atoms with van der Waals surface area (Å²) in [5.41, 5.74) is 5.74. The van der Waals surface area contributed by atoms with Crippen LogP contribution in [0, 0.1) is 0 Å². The van der Waals surface area contributed by atoms with Crippen LogP contribution in [0.15, 0.2) is 119 Å². The molecule has 222 valence electrons. The van der Waals surface area contributed by atoms with Crippen LogP contribution in [-0.2, 0) is 40.8 Å². The lowest BCUT2D eigenvalue weighted by Gasteiger charge is -2.37. The molecular formula is C38H40O4S. The van der Waals surface area contributed by atoms with E-state index in [2.05, 4.69) is 62.4 Å². The molecule has 2 N–H and O–H groups in total. The van der Waals surface area contributed by atoms with Gasteiger partial charge in [-0.3, -0.25) is 0 Å². The Hall–Kier alpha value is -3.80. The number of hydrogen-bond donors (Lipinski definition) is 2. The van der Waals surface area contributed by atoms with Crippen LogP contribution in [0.2, 0.25) is 0 Å². The molecule has 0 saturated carbocycles. The molecule has 1 unspecified atom stereocenters. The molecule has 1 atom stereocenters. The van der Waals surface area contributed by atoms with Crippen LogP contribution in [0.3, 0.4) is 0 Å². The average molecular weight is 593 g/mol. The monoisotopic (exact) mass is 592 g/mol. The van der Waals surface area contributed by atoms with Gasteiger partial charge in [-0.1, -0.05) is 123 Å². The number of carbonyl (C=O) groups excluding carboxylic acids is 1. The number of rotatable bonds is 12. The second kappa shape index (κ2) is 14.1. The molecule has 0 fully saturated rings. The summed E-state index contributed by atoms with van der Waals surface area (Å²) >= 11 is 1.30. The number of hydrogen-bond acceptors (Lipinski definition) is 5. The van der Waals surface area contributed by atoms with Crippen LogP contribution < -0.4 is 0 Å². The number of aryl methyl sites for hydroxylation is 3. The first-order valence-corrected chi connectivity index (χ1v) is 15.9. The van der Waals surface area contributed by atoms with Gasteiger partial charge in [-0.25, -0.2) is 4.79 Å². The maximum absolute atomic E-state index is 13.8. The summed E-state index contributed by atoms with van der Waals surface area (Å²) in [4.78, 5) is 15.0. The summed E-state index contributed by atoms with van der Waals surface area (Å²) in [5.74, 6) is -0.238. The van der Waals surface area contributed by atoms with Crippen molar-refractivity contribution in [3.8, 4) is 0 Å².